The first-order valence-electron chi connectivity index (χ1n) is 28.4. The molecule has 3 aliphatic heterocycles. The fourth-order valence-electron chi connectivity index (χ4n) is 10.3. The van der Waals surface area contributed by atoms with Crippen LogP contribution in [0.2, 0.25) is 0 Å². The van der Waals surface area contributed by atoms with E-state index in [1.165, 1.54) is 39.5 Å². The highest BCUT2D eigenvalue weighted by Gasteiger charge is 2.51. The first-order chi connectivity index (χ1) is 37.6. The number of ether oxygens (including phenoxy) is 4. The summed E-state index contributed by atoms with van der Waals surface area (Å²) in [4.78, 5) is 123. The van der Waals surface area contributed by atoms with Crippen LogP contribution in [0.5, 0.6) is 0 Å². The first-order valence-corrected chi connectivity index (χ1v) is 28.4. The Morgan fingerprint density at radius 1 is 0.593 bits per heavy atom. The Balaban J connectivity index is 1.64. The molecular weight excluding hydrogens is 1060 g/mol. The van der Waals surface area contributed by atoms with E-state index in [-0.39, 0.29) is 61.5 Å². The van der Waals surface area contributed by atoms with Gasteiger partial charge < -0.3 is 81.3 Å². The van der Waals surface area contributed by atoms with Crippen LogP contribution < -0.4 is 21.7 Å². The van der Waals surface area contributed by atoms with E-state index in [0.29, 0.717) is 0 Å². The van der Waals surface area contributed by atoms with Crippen molar-refractivity contribution in [2.45, 2.75) is 227 Å². The minimum atomic E-state index is -1.81. The summed E-state index contributed by atoms with van der Waals surface area (Å²) in [5, 5.41) is 80.7. The molecule has 0 aromatic carbocycles. The van der Waals surface area contributed by atoms with Crippen molar-refractivity contribution < 1.29 is 97.8 Å². The number of Topliss-reactive ketones (excluding diaryl/α,β-unsaturated/α-hetero) is 5. The number of hydrogen-bond donors (Lipinski definition) is 11. The second-order valence-corrected chi connectivity index (χ2v) is 24.1. The van der Waals surface area contributed by atoms with Crippen LogP contribution in [0.1, 0.15) is 129 Å². The second-order valence-electron chi connectivity index (χ2n) is 24.1. The molecule has 0 bridgehead atoms. The molecule has 3 aliphatic rings. The van der Waals surface area contributed by atoms with E-state index in [4.69, 9.17) is 24.7 Å². The van der Waals surface area contributed by atoms with Gasteiger partial charge in [-0.25, -0.2) is 0 Å². The van der Waals surface area contributed by atoms with Gasteiger partial charge in [-0.2, -0.15) is 0 Å². The Hall–Kier alpha value is -4.25. The molecule has 0 aromatic rings. The van der Waals surface area contributed by atoms with Crippen molar-refractivity contribution >= 4 is 52.5 Å². The van der Waals surface area contributed by atoms with Gasteiger partial charge in [0.2, 0.25) is 23.6 Å². The summed E-state index contributed by atoms with van der Waals surface area (Å²) in [6, 6.07) is -5.39. The van der Waals surface area contributed by atoms with Crippen molar-refractivity contribution in [3.63, 3.8) is 0 Å². The number of aliphatic hydroxyl groups is 7. The van der Waals surface area contributed by atoms with Crippen LogP contribution in [0, 0.1) is 53.3 Å². The van der Waals surface area contributed by atoms with Gasteiger partial charge in [0.25, 0.3) is 0 Å². The molecule has 25 nitrogen and oxygen atoms in total. The van der Waals surface area contributed by atoms with Crippen molar-refractivity contribution in [3.05, 3.63) is 0 Å². The fraction of sp³-hybridized carbons (Fsp3) is 0.839. The van der Waals surface area contributed by atoms with E-state index in [0.717, 1.165) is 0 Å². The third-order valence-electron chi connectivity index (χ3n) is 16.2. The summed E-state index contributed by atoms with van der Waals surface area (Å²) in [7, 11) is 0. The largest absolute Gasteiger partial charge is 0.394 e. The van der Waals surface area contributed by atoms with E-state index in [9.17, 15) is 78.9 Å². The normalized spacial score (nSPS) is 29.5. The molecule has 81 heavy (non-hydrogen) atoms. The van der Waals surface area contributed by atoms with Crippen molar-refractivity contribution in [3.8, 4) is 0 Å². The van der Waals surface area contributed by atoms with Crippen LogP contribution in [-0.2, 0) is 62.1 Å². The number of hydrogen-bond acceptors (Lipinski definition) is 21. The number of ketones is 5. The van der Waals surface area contributed by atoms with Crippen LogP contribution in [0.4, 0.5) is 0 Å². The van der Waals surface area contributed by atoms with E-state index in [2.05, 4.69) is 16.0 Å². The Morgan fingerprint density at radius 3 is 1.60 bits per heavy atom. The number of aliphatic hydroxyl groups excluding tert-OH is 7. The van der Waals surface area contributed by atoms with E-state index in [1.54, 1.807) is 62.3 Å². The smallest absolute Gasteiger partial charge is 0.227 e. The summed E-state index contributed by atoms with van der Waals surface area (Å²) in [5.41, 5.74) is 6.43. The molecule has 25 heteroatoms. The standard InChI is InChI=1S/C56H95N5O20/c1-23(2)34(53(76)60-45(26(7)8)41(69)18-35(24(3)4)52(75)58-29(11)31(13)64)17-38(66)30(12)59-51(74)27(9)15-39(67)37-16-33(65)20-61(37)54(77)36(25(5)6)19-40(68)44(57)32(14)78-55-28(10)50(47(71)43(22-63)79-55)81-56-49(73)48(72)46(70)42(21-62)80-56/h23-30,32-37,42-50,55-56,62-63,65,70-73H,15-22,57H2,1-14H3,(H,58,75)(H,59,74)(H,60,76)/t27?,28?,29-,30-,32?,33?,34?,35?,36?,37-,42?,43?,44-,45-,46-,47-,48-,49?,50+,55-,56-/m0/s1. The number of nitrogens with one attached hydrogen (secondary N) is 3. The summed E-state index contributed by atoms with van der Waals surface area (Å²) in [6.45, 7) is 21.0. The SMILES string of the molecule is CC(=O)[C@H](C)NC(=O)C(CC(=O)[C@@H](NC(=O)C(CC(=O)[C@H](C)NC(=O)C(C)CC(=O)[C@@H]1CC(O)CN1C(=O)C(CC(=O)[C@@H](N)C(C)O[C@H]1OC(CO)[C@H](O)[C@H](O[C@@H]2OC(CO)[C@H](O)[C@H](O)C2O)C1C)C(C)C)C(C)C)C(C)C)C(C)C. The maximum atomic E-state index is 14.3. The van der Waals surface area contributed by atoms with Gasteiger partial charge in [-0.1, -0.05) is 69.2 Å². The summed E-state index contributed by atoms with van der Waals surface area (Å²) in [5.74, 6) is -10.8. The molecular formula is C56H95N5O20. The Kier molecular flexibility index (Phi) is 27.7. The molecule has 3 heterocycles. The first kappa shape index (κ1) is 71.0. The van der Waals surface area contributed by atoms with Gasteiger partial charge >= 0.3 is 0 Å². The minimum absolute atomic E-state index is 0.142. The molecule has 464 valence electrons. The highest BCUT2D eigenvalue weighted by atomic mass is 16.7. The number of likely N-dealkylation sites (tertiary alicyclic amines) is 1. The lowest BCUT2D eigenvalue weighted by atomic mass is 9.84. The van der Waals surface area contributed by atoms with Gasteiger partial charge in [-0.3, -0.25) is 43.2 Å². The number of rotatable bonds is 31. The highest BCUT2D eigenvalue weighted by molar-refractivity contribution is 5.98. The summed E-state index contributed by atoms with van der Waals surface area (Å²) >= 11 is 0. The van der Waals surface area contributed by atoms with Crippen LogP contribution in [0.3, 0.4) is 0 Å². The monoisotopic (exact) mass is 1160 g/mol. The maximum absolute atomic E-state index is 14.3. The van der Waals surface area contributed by atoms with Gasteiger partial charge in [-0.05, 0) is 51.4 Å². The average molecular weight is 1160 g/mol. The number of nitrogens with two attached hydrogens (primary N) is 1. The van der Waals surface area contributed by atoms with Gasteiger partial charge in [0, 0.05) is 68.2 Å². The zero-order valence-corrected chi connectivity index (χ0v) is 49.6. The van der Waals surface area contributed by atoms with Crippen LogP contribution in [0.25, 0.3) is 0 Å². The quantitative estimate of drug-likeness (QED) is 0.0381. The second kappa shape index (κ2) is 31.6. The topological polar surface area (TPSA) is 398 Å². The lowest BCUT2D eigenvalue weighted by molar-refractivity contribution is -0.354. The third kappa shape index (κ3) is 18.9. The maximum Gasteiger partial charge on any atom is 0.227 e. The average Bonchev–Trinajstić information content (AvgIpc) is 3.79. The number of carbonyl (C=O) groups is 9. The number of nitrogens with zero attached hydrogens (tertiary/aromatic N) is 1. The molecule has 0 saturated carbocycles. The molecule has 21 atom stereocenters. The molecule has 3 saturated heterocycles. The van der Waals surface area contributed by atoms with E-state index < -0.39 is 194 Å². The predicted molar refractivity (Wildman–Crippen MR) is 290 cm³/mol. The van der Waals surface area contributed by atoms with Crippen LogP contribution in [-0.4, -0.2) is 211 Å². The van der Waals surface area contributed by atoms with Gasteiger partial charge in [-0.15, -0.1) is 0 Å². The van der Waals surface area contributed by atoms with E-state index >= 15 is 0 Å². The Bertz CT molecular complexity index is 2160. The molecule has 0 radical (unpaired) electrons. The van der Waals surface area contributed by atoms with Crippen LogP contribution in [0.15, 0.2) is 0 Å². The number of carbonyl (C=O) groups excluding carboxylic acids is 9. The summed E-state index contributed by atoms with van der Waals surface area (Å²) in [6.07, 6.45) is -17.4. The van der Waals surface area contributed by atoms with Crippen LogP contribution >= 0.6 is 0 Å². The summed E-state index contributed by atoms with van der Waals surface area (Å²) < 4.78 is 23.2. The Labute approximate surface area is 475 Å². The van der Waals surface area contributed by atoms with Crippen molar-refractivity contribution in [2.24, 2.45) is 59.0 Å². The fourth-order valence-corrected chi connectivity index (χ4v) is 10.3. The molecule has 0 aliphatic carbocycles. The molecule has 3 rings (SSSR count). The predicted octanol–water partition coefficient (Wildman–Crippen LogP) is -1.39. The molecule has 3 fully saturated rings. The Morgan fingerprint density at radius 2 is 1.09 bits per heavy atom. The van der Waals surface area contributed by atoms with E-state index in [1.807, 2.05) is 0 Å². The van der Waals surface area contributed by atoms with Crippen molar-refractivity contribution in [1.82, 2.24) is 20.9 Å². The number of amides is 4. The molecule has 10 unspecified atom stereocenters. The molecule has 0 spiro atoms. The lowest BCUT2D eigenvalue weighted by Crippen LogP contribution is -2.63. The zero-order chi connectivity index (χ0) is 61.8. The van der Waals surface area contributed by atoms with Gasteiger partial charge in [0.05, 0.1) is 61.7 Å². The van der Waals surface area contributed by atoms with Gasteiger partial charge in [0.15, 0.2) is 41.5 Å². The van der Waals surface area contributed by atoms with Crippen molar-refractivity contribution in [2.75, 3.05) is 19.8 Å². The number of β-amino-alcohol motifs (C(OH)–C–C–N with tert-alkyl or cyclic N) is 1. The highest BCUT2D eigenvalue weighted by Crippen LogP contribution is 2.34. The molecule has 12 N–H and O–H groups in total. The van der Waals surface area contributed by atoms with Crippen molar-refractivity contribution in [1.29, 1.82) is 0 Å². The minimum Gasteiger partial charge on any atom is -0.394 e. The zero-order valence-electron chi connectivity index (χ0n) is 49.6. The molecule has 0 aromatic heterocycles. The van der Waals surface area contributed by atoms with Gasteiger partial charge in [0.1, 0.15) is 36.6 Å². The molecule has 4 amide bonds. The lowest BCUT2D eigenvalue weighted by Gasteiger charge is -2.47. The third-order valence-corrected chi connectivity index (χ3v) is 16.2.